The molecule has 106 valence electrons. The van der Waals surface area contributed by atoms with E-state index in [2.05, 4.69) is 42.7 Å². The van der Waals surface area contributed by atoms with Gasteiger partial charge < -0.3 is 5.11 Å². The lowest BCUT2D eigenvalue weighted by molar-refractivity contribution is 0.0591. The third-order valence-electron chi connectivity index (χ3n) is 3.90. The van der Waals surface area contributed by atoms with Gasteiger partial charge in [-0.15, -0.1) is 0 Å². The first kappa shape index (κ1) is 14.5. The maximum atomic E-state index is 9.17. The van der Waals surface area contributed by atoms with Crippen molar-refractivity contribution in [2.24, 2.45) is 0 Å². The molecular weight excluding hydrogens is 236 g/mol. The highest BCUT2D eigenvalue weighted by molar-refractivity contribution is 5.22. The van der Waals surface area contributed by atoms with E-state index in [4.69, 9.17) is 0 Å². The lowest BCUT2D eigenvalue weighted by atomic mass is 10.0. The first-order valence-electron chi connectivity index (χ1n) is 7.15. The molecule has 19 heavy (non-hydrogen) atoms. The van der Waals surface area contributed by atoms with Gasteiger partial charge in [0.05, 0.1) is 6.61 Å². The molecule has 1 heterocycles. The minimum atomic E-state index is 0.131. The van der Waals surface area contributed by atoms with Crippen molar-refractivity contribution >= 4 is 0 Å². The van der Waals surface area contributed by atoms with Crippen LogP contribution in [0, 0.1) is 0 Å². The van der Waals surface area contributed by atoms with Crippen molar-refractivity contribution in [1.29, 1.82) is 0 Å². The van der Waals surface area contributed by atoms with Crippen molar-refractivity contribution in [2.45, 2.75) is 39.5 Å². The summed E-state index contributed by atoms with van der Waals surface area (Å²) in [5, 5.41) is 9.17. The highest BCUT2D eigenvalue weighted by Gasteiger charge is 2.25. The van der Waals surface area contributed by atoms with E-state index < -0.39 is 0 Å². The number of hydrogen-bond acceptors (Lipinski definition) is 3. The molecular formula is C16H26N2O. The van der Waals surface area contributed by atoms with E-state index in [9.17, 15) is 5.11 Å². The van der Waals surface area contributed by atoms with E-state index in [0.717, 1.165) is 38.3 Å². The molecule has 0 aromatic heterocycles. The number of aliphatic hydroxyl groups is 1. The maximum Gasteiger partial charge on any atom is 0.0681 e. The molecule has 0 aliphatic carbocycles. The van der Waals surface area contributed by atoms with E-state index in [1.807, 2.05) is 12.1 Å². The molecule has 0 bridgehead atoms. The van der Waals surface area contributed by atoms with E-state index in [1.54, 1.807) is 0 Å². The van der Waals surface area contributed by atoms with Crippen LogP contribution < -0.4 is 0 Å². The predicted molar refractivity (Wildman–Crippen MR) is 79.0 cm³/mol. The summed E-state index contributed by atoms with van der Waals surface area (Å²) in [5.41, 5.74) is 2.59. The first-order valence-corrected chi connectivity index (χ1v) is 7.15. The third-order valence-corrected chi connectivity index (χ3v) is 3.90. The van der Waals surface area contributed by atoms with E-state index >= 15 is 0 Å². The molecule has 0 saturated carbocycles. The topological polar surface area (TPSA) is 26.7 Å². The zero-order valence-corrected chi connectivity index (χ0v) is 12.4. The van der Waals surface area contributed by atoms with Gasteiger partial charge in [-0.3, -0.25) is 9.80 Å². The lowest BCUT2D eigenvalue weighted by Crippen LogP contribution is -2.53. The van der Waals surface area contributed by atoms with Crippen LogP contribution in [0.5, 0.6) is 0 Å². The lowest BCUT2D eigenvalue weighted by Gasteiger charge is -2.42. The van der Waals surface area contributed by atoms with Crippen LogP contribution in [0.25, 0.3) is 0 Å². The first-order chi connectivity index (χ1) is 8.99. The summed E-state index contributed by atoms with van der Waals surface area (Å²) < 4.78 is 0. The molecule has 1 fully saturated rings. The van der Waals surface area contributed by atoms with E-state index in [0.29, 0.717) is 0 Å². The fraction of sp³-hybridized carbons (Fsp3) is 0.625. The van der Waals surface area contributed by atoms with Crippen molar-refractivity contribution in [3.8, 4) is 0 Å². The molecule has 1 N–H and O–H groups in total. The molecule has 2 rings (SSSR count). The van der Waals surface area contributed by atoms with Crippen LogP contribution in [0.3, 0.4) is 0 Å². The van der Waals surface area contributed by atoms with Crippen molar-refractivity contribution < 1.29 is 5.11 Å². The minimum Gasteiger partial charge on any atom is -0.392 e. The molecule has 0 unspecified atom stereocenters. The quantitative estimate of drug-likeness (QED) is 0.903. The maximum absolute atomic E-state index is 9.17. The Bertz CT molecular complexity index is 403. The molecule has 0 amide bonds. The van der Waals surface area contributed by atoms with Gasteiger partial charge in [0.2, 0.25) is 0 Å². The fourth-order valence-electron chi connectivity index (χ4n) is 2.66. The number of benzene rings is 1. The van der Waals surface area contributed by atoms with Gasteiger partial charge in [0.1, 0.15) is 0 Å². The predicted octanol–water partition coefficient (Wildman–Crippen LogP) is 2.09. The average molecular weight is 262 g/mol. The smallest absolute Gasteiger partial charge is 0.0681 e. The summed E-state index contributed by atoms with van der Waals surface area (Å²) in [7, 11) is 0. The van der Waals surface area contributed by atoms with Crippen LogP contribution in [0.2, 0.25) is 0 Å². The van der Waals surface area contributed by atoms with Gasteiger partial charge in [-0.05, 0) is 31.9 Å². The van der Waals surface area contributed by atoms with Crippen LogP contribution in [-0.4, -0.2) is 46.6 Å². The molecule has 1 saturated heterocycles. The summed E-state index contributed by atoms with van der Waals surface area (Å²) >= 11 is 0. The molecule has 0 atom stereocenters. The Morgan fingerprint density at radius 1 is 1.05 bits per heavy atom. The number of aliphatic hydroxyl groups excluding tert-OH is 1. The Kier molecular flexibility index (Phi) is 4.61. The Morgan fingerprint density at radius 3 is 2.26 bits per heavy atom. The van der Waals surface area contributed by atoms with E-state index in [-0.39, 0.29) is 12.1 Å². The van der Waals surface area contributed by atoms with Crippen LogP contribution in [0.15, 0.2) is 24.3 Å². The van der Waals surface area contributed by atoms with Gasteiger partial charge in [0.25, 0.3) is 0 Å². The second-order valence-electron chi connectivity index (χ2n) is 6.41. The largest absolute Gasteiger partial charge is 0.392 e. The molecule has 1 aromatic carbocycles. The molecule has 3 heteroatoms. The number of hydrogen-bond donors (Lipinski definition) is 1. The van der Waals surface area contributed by atoms with Crippen molar-refractivity contribution in [2.75, 3.05) is 26.2 Å². The second kappa shape index (κ2) is 6.04. The standard InChI is InChI=1S/C16H26N2O/c1-16(2,3)18-9-7-17(8-10-18)12-14-5-4-6-15(11-14)13-19/h4-6,11,19H,7-10,12-13H2,1-3H3. The zero-order chi connectivity index (χ0) is 13.9. The van der Waals surface area contributed by atoms with Gasteiger partial charge >= 0.3 is 0 Å². The number of rotatable bonds is 3. The minimum absolute atomic E-state index is 0.131. The van der Waals surface area contributed by atoms with E-state index in [1.165, 1.54) is 5.56 Å². The van der Waals surface area contributed by atoms with Crippen LogP contribution in [0.4, 0.5) is 0 Å². The van der Waals surface area contributed by atoms with Gasteiger partial charge in [-0.1, -0.05) is 24.3 Å². The Labute approximate surface area is 116 Å². The Balaban J connectivity index is 1.88. The fourth-order valence-corrected chi connectivity index (χ4v) is 2.66. The van der Waals surface area contributed by atoms with Gasteiger partial charge in [0.15, 0.2) is 0 Å². The normalized spacial score (nSPS) is 18.7. The van der Waals surface area contributed by atoms with Crippen molar-refractivity contribution in [3.05, 3.63) is 35.4 Å². The van der Waals surface area contributed by atoms with Gasteiger partial charge in [0, 0.05) is 38.3 Å². The van der Waals surface area contributed by atoms with Crippen molar-refractivity contribution in [3.63, 3.8) is 0 Å². The summed E-state index contributed by atoms with van der Waals surface area (Å²) in [6, 6.07) is 8.26. The molecule has 1 aliphatic rings. The van der Waals surface area contributed by atoms with Crippen LogP contribution in [0.1, 0.15) is 31.9 Å². The number of nitrogens with zero attached hydrogens (tertiary/aromatic N) is 2. The Hall–Kier alpha value is -0.900. The zero-order valence-electron chi connectivity index (χ0n) is 12.4. The molecule has 1 aromatic rings. The van der Waals surface area contributed by atoms with Gasteiger partial charge in [-0.2, -0.15) is 0 Å². The SMILES string of the molecule is CC(C)(C)N1CCN(Cc2cccc(CO)c2)CC1. The summed E-state index contributed by atoms with van der Waals surface area (Å²) in [5.74, 6) is 0. The Morgan fingerprint density at radius 2 is 1.68 bits per heavy atom. The number of piperazine rings is 1. The summed E-state index contributed by atoms with van der Waals surface area (Å²) in [6.45, 7) is 12.5. The summed E-state index contributed by atoms with van der Waals surface area (Å²) in [4.78, 5) is 5.05. The summed E-state index contributed by atoms with van der Waals surface area (Å²) in [6.07, 6.45) is 0. The average Bonchev–Trinajstić information content (AvgIpc) is 2.38. The van der Waals surface area contributed by atoms with Crippen LogP contribution in [-0.2, 0) is 13.2 Å². The highest BCUT2D eigenvalue weighted by Crippen LogP contribution is 2.17. The van der Waals surface area contributed by atoms with Crippen molar-refractivity contribution in [1.82, 2.24) is 9.80 Å². The molecule has 1 aliphatic heterocycles. The van der Waals surface area contributed by atoms with Crippen LogP contribution >= 0.6 is 0 Å². The molecule has 0 radical (unpaired) electrons. The van der Waals surface area contributed by atoms with Gasteiger partial charge in [-0.25, -0.2) is 0 Å². The second-order valence-corrected chi connectivity index (χ2v) is 6.41. The monoisotopic (exact) mass is 262 g/mol. The molecule has 3 nitrogen and oxygen atoms in total. The highest BCUT2D eigenvalue weighted by atomic mass is 16.3. The molecule has 0 spiro atoms. The third kappa shape index (κ3) is 4.03.